The van der Waals surface area contributed by atoms with Gasteiger partial charge in [0.1, 0.15) is 0 Å². The Morgan fingerprint density at radius 1 is 0.943 bits per heavy atom. The highest BCUT2D eigenvalue weighted by Crippen LogP contribution is 2.55. The second-order valence-electron chi connectivity index (χ2n) is 11.1. The van der Waals surface area contributed by atoms with Crippen molar-refractivity contribution in [2.24, 2.45) is 17.8 Å². The minimum atomic E-state index is -0.117. The standard InChI is InChI=1S/C29H38N4O2/c1-2-21-5-7-22(8-6-21)19-33(20-23-4-3-10-30-18-23)27(34)9-11-31-28(35)32-29-15-24-12-25(16-29)14-26(13-24)17-29/h3-8,10,18,24-26H,2,9,11-17,19-20H2,1H3,(H2,31,32,35). The first-order valence-electron chi connectivity index (χ1n) is 13.3. The largest absolute Gasteiger partial charge is 0.338 e. The van der Waals surface area contributed by atoms with Crippen LogP contribution in [0.4, 0.5) is 4.79 Å². The van der Waals surface area contributed by atoms with E-state index < -0.39 is 0 Å². The Hall–Kier alpha value is -2.89. The van der Waals surface area contributed by atoms with Gasteiger partial charge in [-0.1, -0.05) is 37.3 Å². The molecule has 6 heteroatoms. The van der Waals surface area contributed by atoms with Crippen molar-refractivity contribution in [2.45, 2.75) is 76.9 Å². The summed E-state index contributed by atoms with van der Waals surface area (Å²) >= 11 is 0. The molecule has 1 aromatic heterocycles. The number of urea groups is 1. The molecule has 186 valence electrons. The minimum absolute atomic E-state index is 0.0140. The van der Waals surface area contributed by atoms with Crippen LogP contribution >= 0.6 is 0 Å². The van der Waals surface area contributed by atoms with Crippen molar-refractivity contribution in [1.29, 1.82) is 0 Å². The molecule has 1 aromatic carbocycles. The van der Waals surface area contributed by atoms with E-state index in [1.54, 1.807) is 12.4 Å². The SMILES string of the molecule is CCc1ccc(CN(Cc2cccnc2)C(=O)CCNC(=O)NC23CC4CC(CC(C4)C2)C3)cc1. The van der Waals surface area contributed by atoms with Gasteiger partial charge < -0.3 is 15.5 Å². The van der Waals surface area contributed by atoms with Crippen LogP contribution in [0.15, 0.2) is 48.8 Å². The summed E-state index contributed by atoms with van der Waals surface area (Å²) in [5.41, 5.74) is 3.37. The molecule has 35 heavy (non-hydrogen) atoms. The van der Waals surface area contributed by atoms with Gasteiger partial charge in [0, 0.05) is 44.0 Å². The number of aryl methyl sites for hydroxylation is 1. The number of benzene rings is 1. The van der Waals surface area contributed by atoms with Crippen molar-refractivity contribution < 1.29 is 9.59 Å². The number of nitrogens with one attached hydrogen (secondary N) is 2. The van der Waals surface area contributed by atoms with Gasteiger partial charge in [0.25, 0.3) is 0 Å². The fourth-order valence-corrected chi connectivity index (χ4v) is 7.03. The average Bonchev–Trinajstić information content (AvgIpc) is 2.83. The third kappa shape index (κ3) is 5.85. The van der Waals surface area contributed by atoms with Gasteiger partial charge >= 0.3 is 6.03 Å². The number of rotatable bonds is 9. The van der Waals surface area contributed by atoms with Crippen molar-refractivity contribution in [2.75, 3.05) is 6.54 Å². The zero-order valence-electron chi connectivity index (χ0n) is 20.8. The second kappa shape index (κ2) is 10.4. The van der Waals surface area contributed by atoms with Crippen LogP contribution in [0.25, 0.3) is 0 Å². The number of carbonyl (C=O) groups excluding carboxylic acids is 2. The van der Waals surface area contributed by atoms with Crippen molar-refractivity contribution in [1.82, 2.24) is 20.5 Å². The van der Waals surface area contributed by atoms with Crippen molar-refractivity contribution in [3.05, 3.63) is 65.5 Å². The smallest absolute Gasteiger partial charge is 0.315 e. The fourth-order valence-electron chi connectivity index (χ4n) is 7.03. The van der Waals surface area contributed by atoms with Crippen molar-refractivity contribution in [3.63, 3.8) is 0 Å². The first-order valence-corrected chi connectivity index (χ1v) is 13.3. The fraction of sp³-hybridized carbons (Fsp3) is 0.552. The maximum atomic E-state index is 13.2. The summed E-state index contributed by atoms with van der Waals surface area (Å²) in [5.74, 6) is 2.39. The number of nitrogens with zero attached hydrogens (tertiary/aromatic N) is 2. The molecule has 6 nitrogen and oxygen atoms in total. The molecule has 4 saturated carbocycles. The van der Waals surface area contributed by atoms with Crippen LogP contribution < -0.4 is 10.6 Å². The molecule has 0 radical (unpaired) electrons. The Morgan fingerprint density at radius 3 is 2.17 bits per heavy atom. The van der Waals surface area contributed by atoms with Crippen LogP contribution in [-0.2, 0) is 24.3 Å². The normalized spacial score (nSPS) is 26.4. The molecule has 0 atom stereocenters. The first kappa shape index (κ1) is 23.8. The van der Waals surface area contributed by atoms with Gasteiger partial charge in [0.2, 0.25) is 5.91 Å². The molecule has 6 rings (SSSR count). The first-order chi connectivity index (χ1) is 17.0. The number of carbonyl (C=O) groups is 2. The number of hydrogen-bond donors (Lipinski definition) is 2. The number of aromatic nitrogens is 1. The van der Waals surface area contributed by atoms with E-state index in [1.807, 2.05) is 17.0 Å². The van der Waals surface area contributed by atoms with Crippen LogP contribution in [0.2, 0.25) is 0 Å². The number of pyridine rings is 1. The summed E-state index contributed by atoms with van der Waals surface area (Å²) < 4.78 is 0. The highest BCUT2D eigenvalue weighted by molar-refractivity contribution is 5.78. The summed E-state index contributed by atoms with van der Waals surface area (Å²) in [6, 6.07) is 12.2. The lowest BCUT2D eigenvalue weighted by molar-refractivity contribution is -0.132. The van der Waals surface area contributed by atoms with E-state index in [9.17, 15) is 9.59 Å². The summed E-state index contributed by atoms with van der Waals surface area (Å²) in [6.07, 6.45) is 12.3. The molecule has 3 amide bonds. The minimum Gasteiger partial charge on any atom is -0.338 e. The maximum Gasteiger partial charge on any atom is 0.315 e. The van der Waals surface area contributed by atoms with E-state index in [1.165, 1.54) is 24.8 Å². The Labute approximate surface area is 208 Å². The average molecular weight is 475 g/mol. The molecule has 4 aliphatic rings. The Bertz CT molecular complexity index is 985. The zero-order valence-corrected chi connectivity index (χ0v) is 20.8. The molecule has 2 aromatic rings. The molecular weight excluding hydrogens is 436 g/mol. The van der Waals surface area contributed by atoms with E-state index in [2.05, 4.69) is 46.8 Å². The van der Waals surface area contributed by atoms with Gasteiger partial charge in [-0.2, -0.15) is 0 Å². The topological polar surface area (TPSA) is 74.3 Å². The van der Waals surface area contributed by atoms with Crippen LogP contribution in [0.3, 0.4) is 0 Å². The molecule has 0 saturated heterocycles. The lowest BCUT2D eigenvalue weighted by Gasteiger charge is -2.56. The number of hydrogen-bond acceptors (Lipinski definition) is 3. The maximum absolute atomic E-state index is 13.2. The molecule has 4 aliphatic carbocycles. The molecule has 0 aliphatic heterocycles. The molecule has 0 unspecified atom stereocenters. The Balaban J connectivity index is 1.15. The summed E-state index contributed by atoms with van der Waals surface area (Å²) in [4.78, 5) is 32.0. The van der Waals surface area contributed by atoms with Gasteiger partial charge in [-0.3, -0.25) is 9.78 Å². The third-order valence-electron chi connectivity index (χ3n) is 8.29. The second-order valence-corrected chi connectivity index (χ2v) is 11.1. The van der Waals surface area contributed by atoms with Crippen LogP contribution in [-0.4, -0.2) is 33.9 Å². The van der Waals surface area contributed by atoms with Crippen molar-refractivity contribution >= 4 is 11.9 Å². The van der Waals surface area contributed by atoms with Gasteiger partial charge in [0.05, 0.1) is 0 Å². The molecule has 4 fully saturated rings. The molecule has 4 bridgehead atoms. The Morgan fingerprint density at radius 2 is 1.57 bits per heavy atom. The Kier molecular flexibility index (Phi) is 7.07. The van der Waals surface area contributed by atoms with E-state index in [4.69, 9.17) is 0 Å². The van der Waals surface area contributed by atoms with Gasteiger partial charge in [-0.05, 0) is 85.5 Å². The number of amides is 3. The molecule has 0 spiro atoms. The molecule has 2 N–H and O–H groups in total. The summed E-state index contributed by atoms with van der Waals surface area (Å²) in [6.45, 7) is 3.52. The van der Waals surface area contributed by atoms with E-state index >= 15 is 0 Å². The van der Waals surface area contributed by atoms with Crippen molar-refractivity contribution in [3.8, 4) is 0 Å². The van der Waals surface area contributed by atoms with Gasteiger partial charge in [0.15, 0.2) is 0 Å². The lowest BCUT2D eigenvalue weighted by Crippen LogP contribution is -2.61. The van der Waals surface area contributed by atoms with Gasteiger partial charge in [-0.15, -0.1) is 0 Å². The summed E-state index contributed by atoms with van der Waals surface area (Å²) in [5, 5.41) is 6.31. The summed E-state index contributed by atoms with van der Waals surface area (Å²) in [7, 11) is 0. The molecule has 1 heterocycles. The predicted molar refractivity (Wildman–Crippen MR) is 136 cm³/mol. The predicted octanol–water partition coefficient (Wildman–Crippen LogP) is 4.83. The highest BCUT2D eigenvalue weighted by Gasteiger charge is 2.51. The van der Waals surface area contributed by atoms with E-state index in [-0.39, 0.29) is 23.9 Å². The third-order valence-corrected chi connectivity index (χ3v) is 8.29. The monoisotopic (exact) mass is 474 g/mol. The van der Waals surface area contributed by atoms with E-state index in [0.717, 1.165) is 54.6 Å². The molecular formula is C29H38N4O2. The highest BCUT2D eigenvalue weighted by atomic mass is 16.2. The van der Waals surface area contributed by atoms with Crippen LogP contribution in [0.5, 0.6) is 0 Å². The van der Waals surface area contributed by atoms with E-state index in [0.29, 0.717) is 19.6 Å². The quantitative estimate of drug-likeness (QED) is 0.547. The van der Waals surface area contributed by atoms with Crippen LogP contribution in [0.1, 0.15) is 68.6 Å². The lowest BCUT2D eigenvalue weighted by atomic mass is 9.53. The van der Waals surface area contributed by atoms with Crippen LogP contribution in [0, 0.1) is 17.8 Å². The van der Waals surface area contributed by atoms with Gasteiger partial charge in [-0.25, -0.2) is 4.79 Å². The zero-order chi connectivity index (χ0) is 24.3.